The van der Waals surface area contributed by atoms with E-state index in [9.17, 15) is 8.78 Å². The molecular weight excluding hydrogens is 327 g/mol. The first-order valence-corrected chi connectivity index (χ1v) is 6.83. The second-order valence-corrected chi connectivity index (χ2v) is 5.85. The van der Waals surface area contributed by atoms with Crippen LogP contribution in [0.5, 0.6) is 5.75 Å². The van der Waals surface area contributed by atoms with E-state index >= 15 is 0 Å². The maximum Gasteiger partial charge on any atom is 0.387 e. The molecular formula is C12H13BrClF2NO. The molecule has 1 aliphatic carbocycles. The lowest BCUT2D eigenvalue weighted by molar-refractivity contribution is -0.0499. The highest BCUT2D eigenvalue weighted by Gasteiger charge is 2.26. The van der Waals surface area contributed by atoms with Gasteiger partial charge in [0.25, 0.3) is 0 Å². The lowest BCUT2D eigenvalue weighted by atomic mass is 9.82. The second kappa shape index (κ2) is 5.61. The Hall–Kier alpha value is -0.550. The van der Waals surface area contributed by atoms with Crippen LogP contribution in [-0.4, -0.2) is 12.7 Å². The summed E-state index contributed by atoms with van der Waals surface area (Å²) in [5.41, 5.74) is 0.506. The topological polar surface area (TPSA) is 21.3 Å². The summed E-state index contributed by atoms with van der Waals surface area (Å²) in [6.07, 6.45) is 2.05. The van der Waals surface area contributed by atoms with Gasteiger partial charge in [0, 0.05) is 11.1 Å². The van der Waals surface area contributed by atoms with Crippen molar-refractivity contribution in [3.05, 3.63) is 21.6 Å². The molecule has 0 unspecified atom stereocenters. The molecule has 1 fully saturated rings. The van der Waals surface area contributed by atoms with Crippen molar-refractivity contribution in [2.24, 2.45) is 5.92 Å². The van der Waals surface area contributed by atoms with E-state index in [2.05, 4.69) is 32.9 Å². The van der Waals surface area contributed by atoms with Gasteiger partial charge in [0.2, 0.25) is 0 Å². The first-order valence-electron chi connectivity index (χ1n) is 5.66. The summed E-state index contributed by atoms with van der Waals surface area (Å²) in [6.45, 7) is -0.703. The minimum Gasteiger partial charge on any atom is -0.431 e. The molecule has 1 aromatic rings. The van der Waals surface area contributed by atoms with Gasteiger partial charge in [-0.05, 0) is 46.8 Å². The van der Waals surface area contributed by atoms with Gasteiger partial charge >= 0.3 is 6.61 Å². The van der Waals surface area contributed by atoms with E-state index in [0.29, 0.717) is 27.1 Å². The van der Waals surface area contributed by atoms with Crippen LogP contribution in [0.25, 0.3) is 0 Å². The van der Waals surface area contributed by atoms with Crippen molar-refractivity contribution >= 4 is 33.2 Å². The van der Waals surface area contributed by atoms with Crippen LogP contribution in [0.1, 0.15) is 19.8 Å². The third-order valence-electron chi connectivity index (χ3n) is 2.95. The molecule has 1 saturated carbocycles. The standard InChI is InChI=1S/C12H13BrClF2NO/c1-6-2-8(3-6)17-10-5-7(14)4-9(13)11(10)18-12(15)16/h4-6,8,12,17H,2-3H2,1H3. The number of anilines is 1. The molecule has 0 aliphatic heterocycles. The van der Waals surface area contributed by atoms with Gasteiger partial charge in [-0.3, -0.25) is 0 Å². The summed E-state index contributed by atoms with van der Waals surface area (Å²) in [6, 6.07) is 3.44. The highest BCUT2D eigenvalue weighted by atomic mass is 79.9. The van der Waals surface area contributed by atoms with Gasteiger partial charge in [-0.15, -0.1) is 0 Å². The average Bonchev–Trinajstić information content (AvgIpc) is 2.20. The number of rotatable bonds is 4. The Morgan fingerprint density at radius 1 is 1.44 bits per heavy atom. The summed E-state index contributed by atoms with van der Waals surface area (Å²) in [5.74, 6) is 0.776. The van der Waals surface area contributed by atoms with Crippen LogP contribution >= 0.6 is 27.5 Å². The van der Waals surface area contributed by atoms with Crippen molar-refractivity contribution in [1.82, 2.24) is 0 Å². The number of nitrogens with one attached hydrogen (secondary N) is 1. The van der Waals surface area contributed by atoms with Crippen LogP contribution in [0.3, 0.4) is 0 Å². The summed E-state index contributed by atoms with van der Waals surface area (Å²) in [7, 11) is 0. The van der Waals surface area contributed by atoms with Crippen molar-refractivity contribution in [3.8, 4) is 5.75 Å². The Bertz CT molecular complexity index is 438. The predicted octanol–water partition coefficient (Wildman–Crippen LogP) is 4.91. The van der Waals surface area contributed by atoms with Crippen molar-refractivity contribution in [2.45, 2.75) is 32.4 Å². The van der Waals surface area contributed by atoms with Crippen molar-refractivity contribution in [2.75, 3.05) is 5.32 Å². The third-order valence-corrected chi connectivity index (χ3v) is 3.76. The normalized spacial score (nSPS) is 22.8. The van der Waals surface area contributed by atoms with E-state index < -0.39 is 6.61 Å². The van der Waals surface area contributed by atoms with Crippen LogP contribution < -0.4 is 10.1 Å². The van der Waals surface area contributed by atoms with Gasteiger partial charge < -0.3 is 10.1 Å². The molecule has 1 aromatic carbocycles. The Kier molecular flexibility index (Phi) is 4.33. The Labute approximate surface area is 118 Å². The monoisotopic (exact) mass is 339 g/mol. The van der Waals surface area contributed by atoms with Gasteiger partial charge in [-0.2, -0.15) is 8.78 Å². The van der Waals surface area contributed by atoms with Gasteiger partial charge in [-0.25, -0.2) is 0 Å². The molecule has 6 heteroatoms. The zero-order chi connectivity index (χ0) is 13.3. The number of hydrogen-bond acceptors (Lipinski definition) is 2. The molecule has 0 heterocycles. The molecule has 1 N–H and O–H groups in total. The highest BCUT2D eigenvalue weighted by molar-refractivity contribution is 9.10. The molecule has 0 spiro atoms. The van der Waals surface area contributed by atoms with Gasteiger partial charge in [0.15, 0.2) is 5.75 Å². The van der Waals surface area contributed by atoms with Crippen LogP contribution in [0.15, 0.2) is 16.6 Å². The van der Waals surface area contributed by atoms with E-state index in [-0.39, 0.29) is 5.75 Å². The minimum absolute atomic E-state index is 0.106. The lowest BCUT2D eigenvalue weighted by Crippen LogP contribution is -2.34. The molecule has 0 saturated heterocycles. The fourth-order valence-corrected chi connectivity index (χ4v) is 3.02. The van der Waals surface area contributed by atoms with Crippen LogP contribution in [-0.2, 0) is 0 Å². The molecule has 100 valence electrons. The molecule has 0 bridgehead atoms. The molecule has 0 aromatic heterocycles. The van der Waals surface area contributed by atoms with Crippen LogP contribution in [0.2, 0.25) is 5.02 Å². The Morgan fingerprint density at radius 2 is 2.11 bits per heavy atom. The minimum atomic E-state index is -2.86. The average molecular weight is 341 g/mol. The Morgan fingerprint density at radius 3 is 2.67 bits per heavy atom. The van der Waals surface area contributed by atoms with Gasteiger partial charge in [0.1, 0.15) is 0 Å². The smallest absolute Gasteiger partial charge is 0.387 e. The van der Waals surface area contributed by atoms with E-state index in [1.807, 2.05) is 0 Å². The quantitative estimate of drug-likeness (QED) is 0.840. The third kappa shape index (κ3) is 3.26. The largest absolute Gasteiger partial charge is 0.431 e. The summed E-state index contributed by atoms with van der Waals surface area (Å²) < 4.78 is 29.7. The Balaban J connectivity index is 2.20. The fourth-order valence-electron chi connectivity index (χ4n) is 2.12. The number of ether oxygens (including phenoxy) is 1. The SMILES string of the molecule is CC1CC(Nc2cc(Cl)cc(Br)c2OC(F)F)C1. The number of hydrogen-bond donors (Lipinski definition) is 1. The zero-order valence-electron chi connectivity index (χ0n) is 9.72. The fraction of sp³-hybridized carbons (Fsp3) is 0.500. The summed E-state index contributed by atoms with van der Waals surface area (Å²) in [5, 5.41) is 3.66. The van der Waals surface area contributed by atoms with Gasteiger partial charge in [-0.1, -0.05) is 18.5 Å². The highest BCUT2D eigenvalue weighted by Crippen LogP contribution is 2.40. The lowest BCUT2D eigenvalue weighted by Gasteiger charge is -2.34. The van der Waals surface area contributed by atoms with Crippen LogP contribution in [0, 0.1) is 5.92 Å². The van der Waals surface area contributed by atoms with Crippen molar-refractivity contribution in [1.29, 1.82) is 0 Å². The summed E-state index contributed by atoms with van der Waals surface area (Å²) in [4.78, 5) is 0. The number of benzene rings is 1. The van der Waals surface area contributed by atoms with Gasteiger partial charge in [0.05, 0.1) is 10.2 Å². The first kappa shape index (κ1) is 13.9. The molecule has 0 atom stereocenters. The molecule has 18 heavy (non-hydrogen) atoms. The summed E-state index contributed by atoms with van der Waals surface area (Å²) >= 11 is 9.10. The second-order valence-electron chi connectivity index (χ2n) is 4.56. The maximum atomic E-state index is 12.4. The van der Waals surface area contributed by atoms with E-state index in [1.165, 1.54) is 6.07 Å². The molecule has 2 rings (SSSR count). The van der Waals surface area contributed by atoms with E-state index in [4.69, 9.17) is 11.6 Å². The predicted molar refractivity (Wildman–Crippen MR) is 71.6 cm³/mol. The van der Waals surface area contributed by atoms with E-state index in [0.717, 1.165) is 12.8 Å². The van der Waals surface area contributed by atoms with Crippen molar-refractivity contribution in [3.63, 3.8) is 0 Å². The molecule has 0 radical (unpaired) electrons. The molecule has 0 amide bonds. The van der Waals surface area contributed by atoms with Crippen LogP contribution in [0.4, 0.5) is 14.5 Å². The zero-order valence-corrected chi connectivity index (χ0v) is 12.1. The number of halogens is 4. The van der Waals surface area contributed by atoms with Crippen molar-refractivity contribution < 1.29 is 13.5 Å². The maximum absolute atomic E-state index is 12.4. The number of alkyl halides is 2. The van der Waals surface area contributed by atoms with E-state index in [1.54, 1.807) is 6.07 Å². The molecule has 1 aliphatic rings. The molecule has 2 nitrogen and oxygen atoms in total. The first-order chi connectivity index (χ1) is 8.45.